The second-order valence-corrected chi connectivity index (χ2v) is 13.7. The zero-order chi connectivity index (χ0) is 29.7. The first-order valence-corrected chi connectivity index (χ1v) is 16.1. The molecule has 0 saturated carbocycles. The number of nitrogens with one attached hydrogen (secondary N) is 1. The summed E-state index contributed by atoms with van der Waals surface area (Å²) in [6.07, 6.45) is 7.27. The van der Waals surface area contributed by atoms with E-state index in [1.165, 1.54) is 5.69 Å². The van der Waals surface area contributed by atoms with Gasteiger partial charge in [-0.15, -0.1) is 0 Å². The fourth-order valence-electron chi connectivity index (χ4n) is 8.91. The predicted octanol–water partition coefficient (Wildman–Crippen LogP) is 4.89. The quantitative estimate of drug-likeness (QED) is 0.334. The van der Waals surface area contributed by atoms with Crippen molar-refractivity contribution in [2.75, 3.05) is 37.7 Å². The summed E-state index contributed by atoms with van der Waals surface area (Å²) in [5, 5.41) is 15.7. The van der Waals surface area contributed by atoms with E-state index in [1.54, 1.807) is 18.3 Å². The van der Waals surface area contributed by atoms with Crippen molar-refractivity contribution >= 4 is 27.6 Å². The second kappa shape index (κ2) is 9.71. The highest BCUT2D eigenvalue weighted by molar-refractivity contribution is 5.99. The summed E-state index contributed by atoms with van der Waals surface area (Å²) in [6.45, 7) is 5.25. The highest BCUT2D eigenvalue weighted by Gasteiger charge is 2.49. The summed E-state index contributed by atoms with van der Waals surface area (Å²) in [5.74, 6) is 0.125. The summed E-state index contributed by atoms with van der Waals surface area (Å²) in [7, 11) is 0. The molecule has 2 N–H and O–H groups in total. The van der Waals surface area contributed by atoms with Crippen LogP contribution in [-0.2, 0) is 6.42 Å². The number of aromatic nitrogens is 4. The SMILES string of the molecule is CC1CCc2cc3cc(O)cc(-c4ncc5c(N6CC7CCC(C6)N7)nc(OC[C@@]67CCCN6C[C@H](F)C7)nc5c4F)c3n21. The Morgan fingerprint density at radius 1 is 1.11 bits per heavy atom. The number of alkyl halides is 1. The van der Waals surface area contributed by atoms with Crippen LogP contribution in [0.3, 0.4) is 0 Å². The largest absolute Gasteiger partial charge is 0.508 e. The van der Waals surface area contributed by atoms with Crippen molar-refractivity contribution in [2.45, 2.75) is 81.7 Å². The maximum absolute atomic E-state index is 16.9. The Morgan fingerprint density at radius 3 is 2.80 bits per heavy atom. The van der Waals surface area contributed by atoms with Gasteiger partial charge in [-0.05, 0) is 70.2 Å². The number of hydrogen-bond donors (Lipinski definition) is 2. The number of anilines is 1. The van der Waals surface area contributed by atoms with Gasteiger partial charge in [-0.2, -0.15) is 9.97 Å². The van der Waals surface area contributed by atoms with E-state index in [0.29, 0.717) is 41.8 Å². The third-order valence-electron chi connectivity index (χ3n) is 10.9. The molecule has 11 heteroatoms. The molecule has 9 rings (SSSR count). The molecule has 4 fully saturated rings. The van der Waals surface area contributed by atoms with Gasteiger partial charge in [0, 0.05) is 67.0 Å². The van der Waals surface area contributed by atoms with Crippen molar-refractivity contribution in [1.82, 2.24) is 29.7 Å². The summed E-state index contributed by atoms with van der Waals surface area (Å²) in [4.78, 5) is 18.6. The number of hydrogen-bond acceptors (Lipinski definition) is 8. The summed E-state index contributed by atoms with van der Waals surface area (Å²) < 4.78 is 39.9. The normalized spacial score (nSPS) is 29.7. The molecule has 2 bridgehead atoms. The summed E-state index contributed by atoms with van der Waals surface area (Å²) >= 11 is 0. The Kier molecular flexibility index (Phi) is 5.92. The van der Waals surface area contributed by atoms with E-state index in [9.17, 15) is 9.50 Å². The van der Waals surface area contributed by atoms with Crippen LogP contribution >= 0.6 is 0 Å². The number of halogens is 2. The average molecular weight is 602 g/mol. The minimum atomic E-state index is -0.869. The molecule has 3 aromatic heterocycles. The molecule has 4 saturated heterocycles. The Bertz CT molecular complexity index is 1800. The van der Waals surface area contributed by atoms with E-state index in [0.717, 1.165) is 69.1 Å². The van der Waals surface area contributed by atoms with E-state index < -0.39 is 12.0 Å². The Labute approximate surface area is 254 Å². The molecule has 0 amide bonds. The molecule has 9 nitrogen and oxygen atoms in total. The number of phenolic OH excluding ortho intramolecular Hbond substituents is 1. The van der Waals surface area contributed by atoms with Crippen LogP contribution < -0.4 is 15.0 Å². The molecule has 4 aromatic rings. The van der Waals surface area contributed by atoms with Gasteiger partial charge in [0.25, 0.3) is 0 Å². The van der Waals surface area contributed by atoms with Crippen LogP contribution in [0.1, 0.15) is 57.2 Å². The van der Waals surface area contributed by atoms with Gasteiger partial charge in [0.1, 0.15) is 35.6 Å². The smallest absolute Gasteiger partial charge is 0.319 e. The molecule has 0 radical (unpaired) electrons. The number of ether oxygens (including phenoxy) is 1. The van der Waals surface area contributed by atoms with Gasteiger partial charge < -0.3 is 24.6 Å². The van der Waals surface area contributed by atoms with E-state index in [4.69, 9.17) is 9.72 Å². The van der Waals surface area contributed by atoms with E-state index in [-0.39, 0.29) is 41.2 Å². The summed E-state index contributed by atoms with van der Waals surface area (Å²) in [5.41, 5.74) is 2.52. The lowest BCUT2D eigenvalue weighted by Crippen LogP contribution is -2.51. The molecule has 1 aromatic carbocycles. The number of piperazine rings is 1. The van der Waals surface area contributed by atoms with Crippen molar-refractivity contribution < 1.29 is 18.6 Å². The molecule has 8 heterocycles. The van der Waals surface area contributed by atoms with Crippen molar-refractivity contribution in [3.8, 4) is 23.0 Å². The van der Waals surface area contributed by atoms with Gasteiger partial charge in [-0.1, -0.05) is 0 Å². The Hall–Kier alpha value is -3.57. The van der Waals surface area contributed by atoms with E-state index in [2.05, 4.69) is 42.6 Å². The minimum absolute atomic E-state index is 0.0671. The van der Waals surface area contributed by atoms with Crippen LogP contribution in [0.4, 0.5) is 14.6 Å². The van der Waals surface area contributed by atoms with Crippen LogP contribution in [0.2, 0.25) is 0 Å². The fraction of sp³-hybridized carbons (Fsp3) is 0.545. The molecule has 0 spiro atoms. The highest BCUT2D eigenvalue weighted by Crippen LogP contribution is 2.43. The number of nitrogens with zero attached hydrogens (tertiary/aromatic N) is 6. The van der Waals surface area contributed by atoms with Crippen molar-refractivity contribution in [3.63, 3.8) is 0 Å². The molecule has 3 unspecified atom stereocenters. The van der Waals surface area contributed by atoms with Crippen LogP contribution in [0, 0.1) is 5.82 Å². The van der Waals surface area contributed by atoms with Crippen molar-refractivity contribution in [3.05, 3.63) is 35.9 Å². The molecular formula is C33H37F2N7O2. The van der Waals surface area contributed by atoms with Crippen molar-refractivity contribution in [1.29, 1.82) is 0 Å². The van der Waals surface area contributed by atoms with E-state index >= 15 is 4.39 Å². The number of aryl methyl sites for hydroxylation is 1. The number of rotatable bonds is 5. The minimum Gasteiger partial charge on any atom is -0.508 e. The molecular weight excluding hydrogens is 564 g/mol. The zero-order valence-corrected chi connectivity index (χ0v) is 24.9. The second-order valence-electron chi connectivity index (χ2n) is 13.7. The third-order valence-corrected chi connectivity index (χ3v) is 10.9. The van der Waals surface area contributed by atoms with Crippen LogP contribution in [0.5, 0.6) is 11.8 Å². The molecule has 5 aliphatic rings. The van der Waals surface area contributed by atoms with Crippen LogP contribution in [0.15, 0.2) is 24.4 Å². The number of benzene rings is 1. The molecule has 5 aliphatic heterocycles. The maximum atomic E-state index is 16.9. The first-order valence-electron chi connectivity index (χ1n) is 16.1. The Morgan fingerprint density at radius 2 is 1.95 bits per heavy atom. The van der Waals surface area contributed by atoms with Crippen molar-refractivity contribution in [2.24, 2.45) is 0 Å². The molecule has 5 atom stereocenters. The van der Waals surface area contributed by atoms with Gasteiger partial charge in [-0.3, -0.25) is 9.88 Å². The van der Waals surface area contributed by atoms with Crippen LogP contribution in [-0.4, -0.2) is 86.1 Å². The highest BCUT2D eigenvalue weighted by atomic mass is 19.1. The monoisotopic (exact) mass is 601 g/mol. The number of aromatic hydroxyl groups is 1. The fourth-order valence-corrected chi connectivity index (χ4v) is 8.91. The number of fused-ring (bicyclic) bond motifs is 7. The third kappa shape index (κ3) is 4.04. The number of pyridine rings is 1. The molecule has 0 aliphatic carbocycles. The van der Waals surface area contributed by atoms with Gasteiger partial charge >= 0.3 is 6.01 Å². The zero-order valence-electron chi connectivity index (χ0n) is 24.9. The van der Waals surface area contributed by atoms with Gasteiger partial charge in [0.2, 0.25) is 0 Å². The van der Waals surface area contributed by atoms with Gasteiger partial charge in [0.15, 0.2) is 5.82 Å². The van der Waals surface area contributed by atoms with Crippen LogP contribution in [0.25, 0.3) is 33.1 Å². The lowest BCUT2D eigenvalue weighted by molar-refractivity contribution is 0.107. The Balaban J connectivity index is 1.18. The lowest BCUT2D eigenvalue weighted by atomic mass is 9.95. The first-order chi connectivity index (χ1) is 21.3. The summed E-state index contributed by atoms with van der Waals surface area (Å²) in [6, 6.07) is 6.50. The van der Waals surface area contributed by atoms with Gasteiger partial charge in [0.05, 0.1) is 16.4 Å². The van der Waals surface area contributed by atoms with E-state index in [1.807, 2.05) is 0 Å². The lowest BCUT2D eigenvalue weighted by Gasteiger charge is -2.34. The van der Waals surface area contributed by atoms with Gasteiger partial charge in [-0.25, -0.2) is 8.78 Å². The topological polar surface area (TPSA) is 91.6 Å². The molecule has 230 valence electrons. The predicted molar refractivity (Wildman–Crippen MR) is 164 cm³/mol. The average Bonchev–Trinajstić information content (AvgIpc) is 3.80. The molecule has 44 heavy (non-hydrogen) atoms. The first kappa shape index (κ1) is 26.8. The number of phenols is 1. The maximum Gasteiger partial charge on any atom is 0.319 e. The standard InChI is InChI=1S/C33H37F2N7O2/c1-18-3-6-23-9-19-10-24(43)11-25(30(19)42(18)23)28-27(35)29-26(13-36-28)31(40-15-21-4-5-22(16-40)37-21)39-32(38-29)44-17-33-7-2-8-41(33)14-20(34)12-33/h9-11,13,18,20-22,37,43H,2-8,12,14-17H2,1H3/t18?,20-,21?,22?,33+/m1/s1.